The second kappa shape index (κ2) is 12.0. The van der Waals surface area contributed by atoms with E-state index in [9.17, 15) is 0 Å². The van der Waals surface area contributed by atoms with Gasteiger partial charge in [0.2, 0.25) is 0 Å². The molecule has 0 aromatic rings. The van der Waals surface area contributed by atoms with E-state index in [1.54, 1.807) is 0 Å². The molecule has 11 heavy (non-hydrogen) atoms. The summed E-state index contributed by atoms with van der Waals surface area (Å²) < 4.78 is 0. The average Bonchev–Trinajstić information content (AvgIpc) is 2.44. The Morgan fingerprint density at radius 1 is 1.45 bits per heavy atom. The summed E-state index contributed by atoms with van der Waals surface area (Å²) in [5.41, 5.74) is 0. The number of nitrogens with zero attached hydrogens (tertiary/aromatic N) is 1. The van der Waals surface area contributed by atoms with Gasteiger partial charge >= 0.3 is 0 Å². The van der Waals surface area contributed by atoms with Crippen molar-refractivity contribution < 1.29 is 9.90 Å². The molecule has 0 unspecified atom stereocenters. The number of carbonyl (C=O) groups is 1. The number of thioether (sulfide) groups is 1. The van der Waals surface area contributed by atoms with Crippen molar-refractivity contribution in [2.24, 2.45) is 0 Å². The molecule has 1 aliphatic rings. The maximum Gasteiger partial charge on any atom is 0.300 e. The van der Waals surface area contributed by atoms with Crippen LogP contribution in [0.15, 0.2) is 0 Å². The molecular formula is C7H13NO2S. The fourth-order valence-electron chi connectivity index (χ4n) is 0.510. The molecule has 0 bridgehead atoms. The van der Waals surface area contributed by atoms with Crippen molar-refractivity contribution in [3.63, 3.8) is 0 Å². The third-order valence-electron chi connectivity index (χ3n) is 0.827. The van der Waals surface area contributed by atoms with Gasteiger partial charge in [-0.1, -0.05) is 0 Å². The Balaban J connectivity index is 0. The topological polar surface area (TPSA) is 61.1 Å². The molecule has 3 nitrogen and oxygen atoms in total. The zero-order chi connectivity index (χ0) is 9.11. The number of aliphatic carboxylic acids is 1. The highest BCUT2D eigenvalue weighted by atomic mass is 32.2. The standard InChI is InChI=1S/C4H8S.C2H4O2.CHN/c1-2-4-5-3-1;1-2(3)4;1-2/h1-4H2;1H3,(H,3,4);1H. The minimum Gasteiger partial charge on any atom is -0.481 e. The lowest BCUT2D eigenvalue weighted by molar-refractivity contribution is -0.134. The number of hydrogen-bond donors (Lipinski definition) is 1. The molecule has 0 saturated carbocycles. The molecule has 0 aromatic carbocycles. The Bertz CT molecular complexity index is 98.6. The Labute approximate surface area is 71.4 Å². The van der Waals surface area contributed by atoms with Crippen molar-refractivity contribution in [3.8, 4) is 6.57 Å². The van der Waals surface area contributed by atoms with Crippen molar-refractivity contribution in [2.45, 2.75) is 19.8 Å². The molecule has 1 saturated heterocycles. The fourth-order valence-corrected chi connectivity index (χ4v) is 1.53. The first-order valence-electron chi connectivity index (χ1n) is 3.26. The van der Waals surface area contributed by atoms with Crippen LogP contribution in [0, 0.1) is 11.8 Å². The van der Waals surface area contributed by atoms with Crippen LogP contribution in [0.3, 0.4) is 0 Å². The molecule has 0 aromatic heterocycles. The minimum atomic E-state index is -0.833. The van der Waals surface area contributed by atoms with Crippen LogP contribution in [0.2, 0.25) is 0 Å². The van der Waals surface area contributed by atoms with Crippen LogP contribution in [0.5, 0.6) is 0 Å². The lowest BCUT2D eigenvalue weighted by Gasteiger charge is -1.69. The summed E-state index contributed by atoms with van der Waals surface area (Å²) >= 11 is 2.07. The predicted molar refractivity (Wildman–Crippen MR) is 46.5 cm³/mol. The number of carboxylic acid groups (broad SMARTS) is 1. The van der Waals surface area contributed by atoms with Gasteiger partial charge in [-0.3, -0.25) is 4.79 Å². The van der Waals surface area contributed by atoms with Gasteiger partial charge in [0.1, 0.15) is 0 Å². The van der Waals surface area contributed by atoms with E-state index in [1.165, 1.54) is 24.3 Å². The predicted octanol–water partition coefficient (Wildman–Crippen LogP) is 1.74. The van der Waals surface area contributed by atoms with Crippen molar-refractivity contribution >= 4 is 17.7 Å². The molecule has 0 spiro atoms. The summed E-state index contributed by atoms with van der Waals surface area (Å²) in [6, 6.07) is 0. The zero-order valence-electron chi connectivity index (χ0n) is 6.62. The maximum atomic E-state index is 9.00. The highest BCUT2D eigenvalue weighted by Gasteiger charge is 1.95. The monoisotopic (exact) mass is 175 g/mol. The second-order valence-corrected chi connectivity index (χ2v) is 3.06. The average molecular weight is 175 g/mol. The van der Waals surface area contributed by atoms with Crippen LogP contribution >= 0.6 is 11.8 Å². The number of rotatable bonds is 0. The van der Waals surface area contributed by atoms with Gasteiger partial charge in [0.05, 0.1) is 0 Å². The molecule has 0 atom stereocenters. The highest BCUT2D eigenvalue weighted by Crippen LogP contribution is 2.14. The Morgan fingerprint density at radius 2 is 1.73 bits per heavy atom. The molecule has 4 heteroatoms. The molecule has 1 N–H and O–H groups in total. The van der Waals surface area contributed by atoms with E-state index in [-0.39, 0.29) is 0 Å². The van der Waals surface area contributed by atoms with Crippen molar-refractivity contribution in [2.75, 3.05) is 11.5 Å². The molecule has 1 aliphatic heterocycles. The third kappa shape index (κ3) is 26.8. The van der Waals surface area contributed by atoms with Crippen LogP contribution in [0.1, 0.15) is 19.8 Å². The van der Waals surface area contributed by atoms with E-state index in [2.05, 4.69) is 18.3 Å². The van der Waals surface area contributed by atoms with E-state index >= 15 is 0 Å². The van der Waals surface area contributed by atoms with Crippen LogP contribution in [-0.4, -0.2) is 22.6 Å². The zero-order valence-corrected chi connectivity index (χ0v) is 7.43. The molecule has 1 heterocycles. The van der Waals surface area contributed by atoms with E-state index in [1.807, 2.05) is 0 Å². The van der Waals surface area contributed by atoms with Gasteiger partial charge in [-0.15, -0.1) is 0 Å². The molecule has 64 valence electrons. The molecule has 1 rings (SSSR count). The van der Waals surface area contributed by atoms with Crippen molar-refractivity contribution in [1.82, 2.24) is 0 Å². The highest BCUT2D eigenvalue weighted by molar-refractivity contribution is 7.99. The van der Waals surface area contributed by atoms with Crippen LogP contribution in [-0.2, 0) is 4.79 Å². The first-order chi connectivity index (χ1) is 5.23. The quantitative estimate of drug-likeness (QED) is 0.609. The summed E-state index contributed by atoms with van der Waals surface area (Å²) in [6.07, 6.45) is 2.93. The van der Waals surface area contributed by atoms with Gasteiger partial charge in [-0.05, 0) is 24.3 Å². The van der Waals surface area contributed by atoms with Crippen LogP contribution in [0.4, 0.5) is 0 Å². The fraction of sp³-hybridized carbons (Fsp3) is 0.714. The van der Waals surface area contributed by atoms with Crippen LogP contribution in [0.25, 0.3) is 0 Å². The van der Waals surface area contributed by atoms with Crippen molar-refractivity contribution in [3.05, 3.63) is 0 Å². The third-order valence-corrected chi connectivity index (χ3v) is 1.98. The summed E-state index contributed by atoms with van der Waals surface area (Å²) in [7, 11) is 0. The SMILES string of the molecule is C#N.C1CCSC1.CC(=O)O. The van der Waals surface area contributed by atoms with E-state index in [0.717, 1.165) is 6.92 Å². The molecule has 0 amide bonds. The number of nitriles is 1. The van der Waals surface area contributed by atoms with Gasteiger partial charge in [0.15, 0.2) is 0 Å². The first kappa shape index (κ1) is 12.9. The second-order valence-electron chi connectivity index (χ2n) is 1.84. The normalized spacial score (nSPS) is 13.4. The summed E-state index contributed by atoms with van der Waals surface area (Å²) in [4.78, 5) is 9.00. The Kier molecular flexibility index (Phi) is 14.2. The molecule has 0 aliphatic carbocycles. The lowest BCUT2D eigenvalue weighted by atomic mass is 10.4. The Hall–Kier alpha value is -0.690. The molecular weight excluding hydrogens is 162 g/mol. The first-order valence-corrected chi connectivity index (χ1v) is 4.42. The maximum absolute atomic E-state index is 9.00. The van der Waals surface area contributed by atoms with Crippen LogP contribution < -0.4 is 0 Å². The minimum absolute atomic E-state index is 0.833. The van der Waals surface area contributed by atoms with Crippen molar-refractivity contribution in [1.29, 1.82) is 5.26 Å². The summed E-state index contributed by atoms with van der Waals surface area (Å²) in [5, 5.41) is 13.9. The van der Waals surface area contributed by atoms with Gasteiger partial charge in [0, 0.05) is 13.5 Å². The van der Waals surface area contributed by atoms with E-state index < -0.39 is 5.97 Å². The lowest BCUT2D eigenvalue weighted by Crippen LogP contribution is -1.78. The summed E-state index contributed by atoms with van der Waals surface area (Å²) in [6.45, 7) is 4.58. The van der Waals surface area contributed by atoms with Gasteiger partial charge < -0.3 is 5.11 Å². The number of carboxylic acids is 1. The molecule has 1 fully saturated rings. The van der Waals surface area contributed by atoms with Gasteiger partial charge in [-0.2, -0.15) is 11.8 Å². The Morgan fingerprint density at radius 3 is 1.82 bits per heavy atom. The van der Waals surface area contributed by atoms with Gasteiger partial charge in [0.25, 0.3) is 5.97 Å². The van der Waals surface area contributed by atoms with Gasteiger partial charge in [-0.25, -0.2) is 5.26 Å². The summed E-state index contributed by atoms with van der Waals surface area (Å²) in [5.74, 6) is 2.00. The molecule has 0 radical (unpaired) electrons. The smallest absolute Gasteiger partial charge is 0.300 e. The van der Waals surface area contributed by atoms with E-state index in [0.29, 0.717) is 0 Å². The van der Waals surface area contributed by atoms with E-state index in [4.69, 9.17) is 15.2 Å². The largest absolute Gasteiger partial charge is 0.481 e. The number of hydrogen-bond acceptors (Lipinski definition) is 3.